The smallest absolute Gasteiger partial charge is 0.246 e. The molecule has 0 saturated carbocycles. The van der Waals surface area contributed by atoms with E-state index in [-0.39, 0.29) is 12.1 Å². The Balaban J connectivity index is 1.48. The first-order valence-electron chi connectivity index (χ1n) is 11.7. The number of hydrogen-bond acceptors (Lipinski definition) is 7. The number of halogens is 1. The van der Waals surface area contributed by atoms with Crippen molar-refractivity contribution in [1.29, 1.82) is 0 Å². The molecule has 4 N–H and O–H groups in total. The molecule has 4 rings (SSSR count). The summed E-state index contributed by atoms with van der Waals surface area (Å²) in [7, 11) is 0. The topological polar surface area (TPSA) is 104 Å². The van der Waals surface area contributed by atoms with Crippen LogP contribution >= 0.6 is 11.6 Å². The number of rotatable bonds is 7. The molecule has 0 amide bonds. The Hall–Kier alpha value is -1.87. The van der Waals surface area contributed by atoms with Gasteiger partial charge in [0.05, 0.1) is 18.3 Å². The van der Waals surface area contributed by atoms with Crippen LogP contribution in [0.4, 0.5) is 11.9 Å². The molecular formula is C23H35ClN6O2. The third-order valence-corrected chi connectivity index (χ3v) is 7.50. The quantitative estimate of drug-likeness (QED) is 0.581. The number of anilines is 2. The monoisotopic (exact) mass is 462 g/mol. The van der Waals surface area contributed by atoms with E-state index in [9.17, 15) is 5.11 Å². The van der Waals surface area contributed by atoms with Crippen molar-refractivity contribution in [2.75, 3.05) is 36.9 Å². The Kier molecular flexibility index (Phi) is 7.24. The second kappa shape index (κ2) is 9.95. The standard InChI is InChI=1S/C23H35ClN6O2/c1-3-23(31,4-2)20-14-30(19(15-32-20)13-16-5-7-17(24)8-6-16)18-9-11-29(12-10-18)22-26-21(25)27-28-22/h5-8,18-20,31H,3-4,9-15H2,1-2H3,(H3,25,26,27,28). The van der Waals surface area contributed by atoms with E-state index in [1.807, 2.05) is 26.0 Å². The number of benzene rings is 1. The first-order valence-corrected chi connectivity index (χ1v) is 12.1. The SMILES string of the molecule is CCC(O)(CC)C1CN(C2CCN(c3n[nH]c(N)n3)CC2)C(Cc2ccc(Cl)cc2)CO1. The summed E-state index contributed by atoms with van der Waals surface area (Å²) in [6, 6.07) is 8.77. The number of morpholine rings is 1. The lowest BCUT2D eigenvalue weighted by atomic mass is 9.87. The molecule has 2 saturated heterocycles. The van der Waals surface area contributed by atoms with Crippen LogP contribution in [0.25, 0.3) is 0 Å². The molecule has 0 radical (unpaired) electrons. The minimum Gasteiger partial charge on any atom is -0.387 e. The van der Waals surface area contributed by atoms with Gasteiger partial charge in [0.25, 0.3) is 0 Å². The van der Waals surface area contributed by atoms with E-state index < -0.39 is 5.60 Å². The number of ether oxygens (including phenoxy) is 1. The van der Waals surface area contributed by atoms with Crippen molar-refractivity contribution >= 4 is 23.5 Å². The molecule has 2 aromatic rings. The van der Waals surface area contributed by atoms with Gasteiger partial charge >= 0.3 is 0 Å². The molecular weight excluding hydrogens is 428 g/mol. The Morgan fingerprint density at radius 2 is 1.91 bits per heavy atom. The van der Waals surface area contributed by atoms with E-state index in [1.165, 1.54) is 5.56 Å². The van der Waals surface area contributed by atoms with E-state index in [0.717, 1.165) is 43.9 Å². The van der Waals surface area contributed by atoms with Crippen molar-refractivity contribution in [3.8, 4) is 0 Å². The number of nitrogen functional groups attached to an aromatic ring is 1. The van der Waals surface area contributed by atoms with Gasteiger partial charge in [-0.15, -0.1) is 5.10 Å². The predicted octanol–water partition coefficient (Wildman–Crippen LogP) is 2.87. The first-order chi connectivity index (χ1) is 15.4. The van der Waals surface area contributed by atoms with Crippen molar-refractivity contribution in [2.45, 2.75) is 69.7 Å². The van der Waals surface area contributed by atoms with Crippen LogP contribution in [-0.4, -0.2) is 75.2 Å². The average molecular weight is 463 g/mol. The van der Waals surface area contributed by atoms with Crippen LogP contribution in [-0.2, 0) is 11.2 Å². The molecule has 32 heavy (non-hydrogen) atoms. The van der Waals surface area contributed by atoms with Crippen molar-refractivity contribution in [3.63, 3.8) is 0 Å². The number of aromatic amines is 1. The summed E-state index contributed by atoms with van der Waals surface area (Å²) in [5.74, 6) is 1.02. The number of nitrogens with zero attached hydrogens (tertiary/aromatic N) is 4. The highest BCUT2D eigenvalue weighted by Crippen LogP contribution is 2.32. The van der Waals surface area contributed by atoms with Gasteiger partial charge in [-0.3, -0.25) is 4.90 Å². The molecule has 0 bridgehead atoms. The van der Waals surface area contributed by atoms with Gasteiger partial charge in [-0.05, 0) is 49.8 Å². The zero-order valence-corrected chi connectivity index (χ0v) is 19.8. The summed E-state index contributed by atoms with van der Waals surface area (Å²) in [4.78, 5) is 9.05. The van der Waals surface area contributed by atoms with Crippen LogP contribution in [0.5, 0.6) is 0 Å². The number of nitrogens with two attached hydrogens (primary N) is 1. The highest BCUT2D eigenvalue weighted by Gasteiger charge is 2.43. The van der Waals surface area contributed by atoms with Gasteiger partial charge in [0.2, 0.25) is 11.9 Å². The number of aliphatic hydroxyl groups is 1. The summed E-state index contributed by atoms with van der Waals surface area (Å²) >= 11 is 6.08. The fourth-order valence-corrected chi connectivity index (χ4v) is 5.19. The molecule has 1 aromatic heterocycles. The van der Waals surface area contributed by atoms with E-state index in [2.05, 4.69) is 37.1 Å². The third-order valence-electron chi connectivity index (χ3n) is 7.25. The Bertz CT molecular complexity index is 864. The Morgan fingerprint density at radius 1 is 1.22 bits per heavy atom. The summed E-state index contributed by atoms with van der Waals surface area (Å²) in [5.41, 5.74) is 6.16. The average Bonchev–Trinajstić information content (AvgIpc) is 3.26. The van der Waals surface area contributed by atoms with Gasteiger partial charge in [0, 0.05) is 36.7 Å². The molecule has 9 heteroatoms. The molecule has 2 unspecified atom stereocenters. The highest BCUT2D eigenvalue weighted by atomic mass is 35.5. The normalized spacial score (nSPS) is 23.6. The van der Waals surface area contributed by atoms with Crippen molar-refractivity contribution in [2.24, 2.45) is 0 Å². The van der Waals surface area contributed by atoms with Gasteiger partial charge in [-0.1, -0.05) is 37.6 Å². The fraction of sp³-hybridized carbons (Fsp3) is 0.652. The van der Waals surface area contributed by atoms with Gasteiger partial charge in [-0.25, -0.2) is 5.10 Å². The number of H-pyrrole nitrogens is 1. The lowest BCUT2D eigenvalue weighted by molar-refractivity contribution is -0.169. The molecule has 2 atom stereocenters. The van der Waals surface area contributed by atoms with Gasteiger partial charge in [-0.2, -0.15) is 4.98 Å². The second-order valence-electron chi connectivity index (χ2n) is 9.05. The summed E-state index contributed by atoms with van der Waals surface area (Å²) in [5, 5.41) is 18.8. The summed E-state index contributed by atoms with van der Waals surface area (Å²) in [6.07, 6.45) is 4.12. The zero-order valence-electron chi connectivity index (χ0n) is 19.0. The van der Waals surface area contributed by atoms with Crippen molar-refractivity contribution in [3.05, 3.63) is 34.9 Å². The minimum atomic E-state index is -0.791. The summed E-state index contributed by atoms with van der Waals surface area (Å²) < 4.78 is 6.28. The molecule has 8 nitrogen and oxygen atoms in total. The van der Waals surface area contributed by atoms with Crippen LogP contribution in [0.15, 0.2) is 24.3 Å². The van der Waals surface area contributed by atoms with Gasteiger partial charge in [0.1, 0.15) is 0 Å². The molecule has 2 aliphatic heterocycles. The highest BCUT2D eigenvalue weighted by molar-refractivity contribution is 6.30. The molecule has 3 heterocycles. The maximum Gasteiger partial charge on any atom is 0.246 e. The van der Waals surface area contributed by atoms with Crippen LogP contribution < -0.4 is 10.6 Å². The van der Waals surface area contributed by atoms with Crippen LogP contribution in [0.1, 0.15) is 45.1 Å². The first kappa shape index (κ1) is 23.3. The molecule has 2 aliphatic rings. The maximum atomic E-state index is 11.2. The molecule has 0 aliphatic carbocycles. The number of nitrogens with one attached hydrogen (secondary N) is 1. The van der Waals surface area contributed by atoms with Crippen LogP contribution in [0, 0.1) is 0 Å². The predicted molar refractivity (Wildman–Crippen MR) is 127 cm³/mol. The minimum absolute atomic E-state index is 0.176. The zero-order chi connectivity index (χ0) is 22.7. The Labute approximate surface area is 195 Å². The number of hydrogen-bond donors (Lipinski definition) is 3. The van der Waals surface area contributed by atoms with E-state index in [0.29, 0.717) is 37.4 Å². The van der Waals surface area contributed by atoms with Gasteiger partial charge < -0.3 is 20.5 Å². The van der Waals surface area contributed by atoms with E-state index >= 15 is 0 Å². The lowest BCUT2D eigenvalue weighted by Crippen LogP contribution is -2.62. The maximum absolute atomic E-state index is 11.2. The fourth-order valence-electron chi connectivity index (χ4n) is 5.07. The Morgan fingerprint density at radius 3 is 2.50 bits per heavy atom. The number of piperidine rings is 1. The van der Waals surface area contributed by atoms with Crippen molar-refractivity contribution < 1.29 is 9.84 Å². The van der Waals surface area contributed by atoms with Gasteiger partial charge in [0.15, 0.2) is 0 Å². The van der Waals surface area contributed by atoms with Crippen LogP contribution in [0.2, 0.25) is 5.02 Å². The van der Waals surface area contributed by atoms with E-state index in [1.54, 1.807) is 0 Å². The number of aromatic nitrogens is 3. The molecule has 2 fully saturated rings. The van der Waals surface area contributed by atoms with Crippen LogP contribution in [0.3, 0.4) is 0 Å². The van der Waals surface area contributed by atoms with E-state index in [4.69, 9.17) is 22.1 Å². The molecule has 1 aromatic carbocycles. The second-order valence-corrected chi connectivity index (χ2v) is 9.49. The van der Waals surface area contributed by atoms with Crippen molar-refractivity contribution in [1.82, 2.24) is 20.1 Å². The summed E-state index contributed by atoms with van der Waals surface area (Å²) in [6.45, 7) is 7.20. The molecule has 176 valence electrons. The largest absolute Gasteiger partial charge is 0.387 e. The third kappa shape index (κ3) is 5.03. The molecule has 0 spiro atoms. The lowest BCUT2D eigenvalue weighted by Gasteiger charge is -2.49.